The van der Waals surface area contributed by atoms with Crippen LogP contribution in [0.15, 0.2) is 0 Å². The number of hydrogen-bond acceptors (Lipinski definition) is 3. The summed E-state index contributed by atoms with van der Waals surface area (Å²) in [6.07, 6.45) is 0. The number of H-pyrrole nitrogens is 1. The van der Waals surface area contributed by atoms with Gasteiger partial charge in [-0.3, -0.25) is 9.59 Å². The molecule has 18 heavy (non-hydrogen) atoms. The molecular formula is C13H19N3O2. The second-order valence-corrected chi connectivity index (χ2v) is 4.72. The number of ketones is 1. The second-order valence-electron chi connectivity index (χ2n) is 4.72. The molecule has 0 unspecified atom stereocenters. The van der Waals surface area contributed by atoms with Crippen LogP contribution in [0.25, 0.3) is 0 Å². The highest BCUT2D eigenvalue weighted by Gasteiger charge is 2.24. The van der Waals surface area contributed by atoms with Crippen molar-refractivity contribution in [2.45, 2.75) is 20.8 Å². The highest BCUT2D eigenvalue weighted by molar-refractivity contribution is 6.02. The van der Waals surface area contributed by atoms with E-state index >= 15 is 0 Å². The van der Waals surface area contributed by atoms with E-state index in [4.69, 9.17) is 0 Å². The van der Waals surface area contributed by atoms with Crippen LogP contribution in [-0.4, -0.2) is 47.8 Å². The number of Topliss-reactive ketones (excluding diaryl/α,β-unsaturated/α-hetero) is 1. The fourth-order valence-electron chi connectivity index (χ4n) is 2.52. The number of carbonyl (C=O) groups excluding carboxylic acids is 2. The zero-order valence-corrected chi connectivity index (χ0v) is 11.1. The highest BCUT2D eigenvalue weighted by atomic mass is 16.2. The van der Waals surface area contributed by atoms with Crippen molar-refractivity contribution in [2.24, 2.45) is 0 Å². The van der Waals surface area contributed by atoms with Gasteiger partial charge < -0.3 is 15.2 Å². The monoisotopic (exact) mass is 249 g/mol. The normalized spacial score (nSPS) is 15.8. The fourth-order valence-corrected chi connectivity index (χ4v) is 2.52. The summed E-state index contributed by atoms with van der Waals surface area (Å²) in [7, 11) is 0. The molecule has 0 aliphatic carbocycles. The van der Waals surface area contributed by atoms with Gasteiger partial charge in [0, 0.05) is 37.4 Å². The topological polar surface area (TPSA) is 65.2 Å². The molecule has 1 aromatic heterocycles. The Bertz CT molecular complexity index is 485. The molecule has 0 saturated carbocycles. The van der Waals surface area contributed by atoms with Crippen LogP contribution in [0.3, 0.4) is 0 Å². The maximum absolute atomic E-state index is 12.4. The lowest BCUT2D eigenvalue weighted by molar-refractivity contribution is 0.0729. The lowest BCUT2D eigenvalue weighted by Gasteiger charge is -2.27. The molecule has 1 aliphatic heterocycles. The Labute approximate surface area is 107 Å². The summed E-state index contributed by atoms with van der Waals surface area (Å²) < 4.78 is 0. The number of nitrogens with zero attached hydrogens (tertiary/aromatic N) is 1. The standard InChI is InChI=1S/C13H19N3O2/c1-8-11(10(3)17)9(2)15-12(8)13(18)16-6-4-14-5-7-16/h14-15H,4-7H2,1-3H3. The first-order chi connectivity index (χ1) is 8.52. The van der Waals surface area contributed by atoms with E-state index in [0.29, 0.717) is 24.3 Å². The average molecular weight is 249 g/mol. The smallest absolute Gasteiger partial charge is 0.270 e. The molecule has 0 aromatic carbocycles. The van der Waals surface area contributed by atoms with E-state index in [1.54, 1.807) is 0 Å². The quantitative estimate of drug-likeness (QED) is 0.765. The Morgan fingerprint density at radius 2 is 1.78 bits per heavy atom. The molecule has 2 heterocycles. The van der Waals surface area contributed by atoms with Crippen molar-refractivity contribution in [1.29, 1.82) is 0 Å². The summed E-state index contributed by atoms with van der Waals surface area (Å²) in [6.45, 7) is 8.27. The van der Waals surface area contributed by atoms with Gasteiger partial charge in [-0.1, -0.05) is 0 Å². The molecule has 0 spiro atoms. The molecule has 1 aromatic rings. The Kier molecular flexibility index (Phi) is 3.52. The van der Waals surface area contributed by atoms with Crippen LogP contribution in [-0.2, 0) is 0 Å². The van der Waals surface area contributed by atoms with Crippen LogP contribution in [0.5, 0.6) is 0 Å². The van der Waals surface area contributed by atoms with E-state index in [2.05, 4.69) is 10.3 Å². The minimum Gasteiger partial charge on any atom is -0.354 e. The minimum absolute atomic E-state index is 0.000566. The summed E-state index contributed by atoms with van der Waals surface area (Å²) in [5, 5.41) is 3.21. The van der Waals surface area contributed by atoms with Crippen molar-refractivity contribution in [3.8, 4) is 0 Å². The van der Waals surface area contributed by atoms with Crippen LogP contribution < -0.4 is 5.32 Å². The van der Waals surface area contributed by atoms with Gasteiger partial charge >= 0.3 is 0 Å². The number of piperazine rings is 1. The van der Waals surface area contributed by atoms with Crippen LogP contribution in [0.4, 0.5) is 0 Å². The van der Waals surface area contributed by atoms with Gasteiger partial charge in [0.25, 0.3) is 5.91 Å². The first-order valence-corrected chi connectivity index (χ1v) is 6.22. The molecule has 98 valence electrons. The van der Waals surface area contributed by atoms with E-state index in [9.17, 15) is 9.59 Å². The fraction of sp³-hybridized carbons (Fsp3) is 0.538. The van der Waals surface area contributed by atoms with Crippen molar-refractivity contribution < 1.29 is 9.59 Å². The molecule has 1 saturated heterocycles. The van der Waals surface area contributed by atoms with E-state index < -0.39 is 0 Å². The number of aryl methyl sites for hydroxylation is 1. The first-order valence-electron chi connectivity index (χ1n) is 6.22. The number of amides is 1. The molecule has 1 amide bonds. The van der Waals surface area contributed by atoms with Crippen LogP contribution in [0.2, 0.25) is 0 Å². The molecule has 0 bridgehead atoms. The van der Waals surface area contributed by atoms with Gasteiger partial charge in [0.05, 0.1) is 0 Å². The number of hydrogen-bond donors (Lipinski definition) is 2. The second kappa shape index (κ2) is 4.94. The van der Waals surface area contributed by atoms with E-state index in [1.165, 1.54) is 6.92 Å². The minimum atomic E-state index is -0.00963. The SMILES string of the molecule is CC(=O)c1c(C)[nH]c(C(=O)N2CCNCC2)c1C. The number of nitrogens with one attached hydrogen (secondary N) is 2. The lowest BCUT2D eigenvalue weighted by atomic mass is 10.1. The number of rotatable bonds is 2. The molecule has 1 fully saturated rings. The maximum Gasteiger partial charge on any atom is 0.270 e. The lowest BCUT2D eigenvalue weighted by Crippen LogP contribution is -2.46. The summed E-state index contributed by atoms with van der Waals surface area (Å²) in [4.78, 5) is 28.8. The summed E-state index contributed by atoms with van der Waals surface area (Å²) >= 11 is 0. The molecule has 0 atom stereocenters. The van der Waals surface area contributed by atoms with Gasteiger partial charge in [-0.15, -0.1) is 0 Å². The third kappa shape index (κ3) is 2.18. The largest absolute Gasteiger partial charge is 0.354 e. The zero-order chi connectivity index (χ0) is 13.3. The molecule has 0 radical (unpaired) electrons. The third-order valence-electron chi connectivity index (χ3n) is 3.41. The molecule has 5 nitrogen and oxygen atoms in total. The number of aromatic nitrogens is 1. The molecule has 2 N–H and O–H groups in total. The van der Waals surface area contributed by atoms with E-state index in [-0.39, 0.29) is 11.7 Å². The maximum atomic E-state index is 12.4. The molecule has 1 aliphatic rings. The predicted molar refractivity (Wildman–Crippen MR) is 69.0 cm³/mol. The number of aromatic amines is 1. The first kappa shape index (κ1) is 12.8. The number of carbonyl (C=O) groups is 2. The average Bonchev–Trinajstić information content (AvgIpc) is 2.65. The molecule has 5 heteroatoms. The van der Waals surface area contributed by atoms with Crippen molar-refractivity contribution >= 4 is 11.7 Å². The van der Waals surface area contributed by atoms with Crippen molar-refractivity contribution in [1.82, 2.24) is 15.2 Å². The Hall–Kier alpha value is -1.62. The summed E-state index contributed by atoms with van der Waals surface area (Å²) in [5.74, 6) is -0.00906. The Balaban J connectivity index is 2.30. The van der Waals surface area contributed by atoms with Gasteiger partial charge in [-0.05, 0) is 26.3 Å². The van der Waals surface area contributed by atoms with Crippen LogP contribution >= 0.6 is 0 Å². The summed E-state index contributed by atoms with van der Waals surface area (Å²) in [6, 6.07) is 0. The van der Waals surface area contributed by atoms with Crippen LogP contribution in [0, 0.1) is 13.8 Å². The van der Waals surface area contributed by atoms with Crippen molar-refractivity contribution in [3.63, 3.8) is 0 Å². The van der Waals surface area contributed by atoms with Gasteiger partial charge in [0.1, 0.15) is 5.69 Å². The zero-order valence-electron chi connectivity index (χ0n) is 11.1. The van der Waals surface area contributed by atoms with Gasteiger partial charge in [0.15, 0.2) is 5.78 Å². The predicted octanol–water partition coefficient (Wildman–Crippen LogP) is 0.880. The van der Waals surface area contributed by atoms with Crippen molar-refractivity contribution in [3.05, 3.63) is 22.5 Å². The molecule has 2 rings (SSSR count). The van der Waals surface area contributed by atoms with Crippen LogP contribution in [0.1, 0.15) is 39.0 Å². The summed E-state index contributed by atoms with van der Waals surface area (Å²) in [5.41, 5.74) is 2.75. The highest BCUT2D eigenvalue weighted by Crippen LogP contribution is 2.20. The molecular weight excluding hydrogens is 230 g/mol. The Morgan fingerprint density at radius 3 is 2.28 bits per heavy atom. The van der Waals surface area contributed by atoms with E-state index in [1.807, 2.05) is 18.7 Å². The van der Waals surface area contributed by atoms with E-state index in [0.717, 1.165) is 24.3 Å². The van der Waals surface area contributed by atoms with Crippen molar-refractivity contribution in [2.75, 3.05) is 26.2 Å². The Morgan fingerprint density at radius 1 is 1.17 bits per heavy atom. The van der Waals surface area contributed by atoms with Gasteiger partial charge in [-0.2, -0.15) is 0 Å². The van der Waals surface area contributed by atoms with Gasteiger partial charge in [0.2, 0.25) is 0 Å². The van der Waals surface area contributed by atoms with Gasteiger partial charge in [-0.25, -0.2) is 0 Å². The third-order valence-corrected chi connectivity index (χ3v) is 3.41.